The lowest BCUT2D eigenvalue weighted by atomic mass is 10.1. The van der Waals surface area contributed by atoms with Gasteiger partial charge in [0.2, 0.25) is 0 Å². The van der Waals surface area contributed by atoms with Gasteiger partial charge in [-0.15, -0.1) is 0 Å². The van der Waals surface area contributed by atoms with Crippen molar-refractivity contribution < 1.29 is 14.8 Å². The van der Waals surface area contributed by atoms with Crippen LogP contribution in [0.3, 0.4) is 0 Å². The average molecular weight is 319 g/mol. The lowest BCUT2D eigenvalue weighted by molar-refractivity contribution is -0.385. The predicted molar refractivity (Wildman–Crippen MR) is 79.4 cm³/mol. The largest absolute Gasteiger partial charge is 0.387 e. The maximum atomic E-state index is 12.0. The molecule has 1 atom stereocenters. The van der Waals surface area contributed by atoms with Crippen molar-refractivity contribution in [1.29, 1.82) is 0 Å². The van der Waals surface area contributed by atoms with Crippen LogP contribution in [0.25, 0.3) is 0 Å². The van der Waals surface area contributed by atoms with E-state index >= 15 is 0 Å². The van der Waals surface area contributed by atoms with E-state index in [-0.39, 0.29) is 22.8 Å². The van der Waals surface area contributed by atoms with Crippen molar-refractivity contribution >= 4 is 35.0 Å². The molecule has 1 unspecified atom stereocenters. The fraction of sp³-hybridized carbons (Fsp3) is 0.417. The third kappa shape index (κ3) is 4.66. The first-order valence-electron chi connectivity index (χ1n) is 5.70. The van der Waals surface area contributed by atoms with Gasteiger partial charge in [-0.3, -0.25) is 14.9 Å². The number of nitro benzene ring substituents is 1. The molecule has 1 aromatic rings. The third-order valence-electron chi connectivity index (χ3n) is 2.48. The standard InChI is InChI=1S/C12H15ClN2O4S/c1-12(17,7-20-2)6-14-11(16)9-5-8(13)3-4-10(9)15(18)19/h3-5,17H,6-7H2,1-2H3,(H,14,16). The van der Waals surface area contributed by atoms with E-state index in [0.29, 0.717) is 5.75 Å². The molecule has 1 rings (SSSR count). The van der Waals surface area contributed by atoms with E-state index in [0.717, 1.165) is 0 Å². The molecule has 0 spiro atoms. The fourth-order valence-corrected chi connectivity index (χ4v) is 2.47. The Labute approximate surface area is 125 Å². The molecule has 0 saturated carbocycles. The lowest BCUT2D eigenvalue weighted by Gasteiger charge is -2.22. The Kier molecular flexibility index (Phi) is 5.79. The molecule has 0 bridgehead atoms. The zero-order valence-corrected chi connectivity index (χ0v) is 12.6. The van der Waals surface area contributed by atoms with Crippen molar-refractivity contribution in [3.8, 4) is 0 Å². The molecule has 0 fully saturated rings. The van der Waals surface area contributed by atoms with E-state index in [1.165, 1.54) is 30.0 Å². The molecule has 1 aromatic carbocycles. The fourth-order valence-electron chi connectivity index (χ4n) is 1.58. The molecule has 0 radical (unpaired) electrons. The Morgan fingerprint density at radius 2 is 2.25 bits per heavy atom. The molecule has 20 heavy (non-hydrogen) atoms. The van der Waals surface area contributed by atoms with Gasteiger partial charge >= 0.3 is 0 Å². The van der Waals surface area contributed by atoms with Gasteiger partial charge < -0.3 is 10.4 Å². The van der Waals surface area contributed by atoms with E-state index in [1.807, 2.05) is 6.26 Å². The maximum absolute atomic E-state index is 12.0. The first-order valence-corrected chi connectivity index (χ1v) is 7.47. The van der Waals surface area contributed by atoms with Crippen LogP contribution in [-0.4, -0.2) is 40.1 Å². The number of aliphatic hydroxyl groups is 1. The van der Waals surface area contributed by atoms with Crippen LogP contribution in [0.2, 0.25) is 5.02 Å². The number of carbonyl (C=O) groups is 1. The zero-order valence-electron chi connectivity index (χ0n) is 11.1. The number of hydrogen-bond acceptors (Lipinski definition) is 5. The van der Waals surface area contributed by atoms with Gasteiger partial charge in [0.05, 0.1) is 10.5 Å². The number of hydrogen-bond donors (Lipinski definition) is 2. The lowest BCUT2D eigenvalue weighted by Crippen LogP contribution is -2.42. The van der Waals surface area contributed by atoms with Gasteiger partial charge in [-0.05, 0) is 25.3 Å². The summed E-state index contributed by atoms with van der Waals surface area (Å²) in [5, 5.41) is 23.5. The highest BCUT2D eigenvalue weighted by molar-refractivity contribution is 7.98. The molecular weight excluding hydrogens is 304 g/mol. The topological polar surface area (TPSA) is 92.5 Å². The van der Waals surface area contributed by atoms with Gasteiger partial charge in [0.15, 0.2) is 0 Å². The molecule has 6 nitrogen and oxygen atoms in total. The van der Waals surface area contributed by atoms with Crippen molar-refractivity contribution in [3.63, 3.8) is 0 Å². The molecule has 2 N–H and O–H groups in total. The van der Waals surface area contributed by atoms with Gasteiger partial charge in [-0.2, -0.15) is 11.8 Å². The van der Waals surface area contributed by atoms with Crippen LogP contribution < -0.4 is 5.32 Å². The quantitative estimate of drug-likeness (QED) is 0.619. The first kappa shape index (κ1) is 16.7. The third-order valence-corrected chi connectivity index (χ3v) is 3.63. The molecular formula is C12H15ClN2O4S. The summed E-state index contributed by atoms with van der Waals surface area (Å²) in [6.07, 6.45) is 1.83. The number of nitrogens with zero attached hydrogens (tertiary/aromatic N) is 1. The highest BCUT2D eigenvalue weighted by Crippen LogP contribution is 2.22. The monoisotopic (exact) mass is 318 g/mol. The van der Waals surface area contributed by atoms with Crippen molar-refractivity contribution in [2.45, 2.75) is 12.5 Å². The van der Waals surface area contributed by atoms with Gasteiger partial charge in [0.1, 0.15) is 5.56 Å². The summed E-state index contributed by atoms with van der Waals surface area (Å²) in [7, 11) is 0. The number of nitrogens with one attached hydrogen (secondary N) is 1. The second-order valence-corrected chi connectivity index (χ2v) is 5.83. The van der Waals surface area contributed by atoms with E-state index in [2.05, 4.69) is 5.32 Å². The highest BCUT2D eigenvalue weighted by Gasteiger charge is 2.24. The minimum Gasteiger partial charge on any atom is -0.387 e. The van der Waals surface area contributed by atoms with Crippen LogP contribution in [0, 0.1) is 10.1 Å². The van der Waals surface area contributed by atoms with E-state index < -0.39 is 16.4 Å². The Bertz CT molecular complexity index is 522. The molecule has 0 heterocycles. The number of benzene rings is 1. The second kappa shape index (κ2) is 6.92. The van der Waals surface area contributed by atoms with Crippen molar-refractivity contribution in [2.75, 3.05) is 18.6 Å². The number of thioether (sulfide) groups is 1. The van der Waals surface area contributed by atoms with Crippen molar-refractivity contribution in [1.82, 2.24) is 5.32 Å². The van der Waals surface area contributed by atoms with Crippen molar-refractivity contribution in [2.24, 2.45) is 0 Å². The smallest absolute Gasteiger partial charge is 0.282 e. The average Bonchev–Trinajstić information content (AvgIpc) is 2.35. The number of nitro groups is 1. The van der Waals surface area contributed by atoms with Crippen LogP contribution in [0.1, 0.15) is 17.3 Å². The molecule has 0 aliphatic carbocycles. The number of amides is 1. The van der Waals surface area contributed by atoms with Crippen LogP contribution in [0.5, 0.6) is 0 Å². The van der Waals surface area contributed by atoms with E-state index in [4.69, 9.17) is 11.6 Å². The Morgan fingerprint density at radius 1 is 1.60 bits per heavy atom. The second-order valence-electron chi connectivity index (χ2n) is 4.53. The summed E-state index contributed by atoms with van der Waals surface area (Å²) in [6, 6.07) is 3.76. The highest BCUT2D eigenvalue weighted by atomic mass is 35.5. The Hall–Kier alpha value is -1.31. The molecule has 0 aliphatic heterocycles. The van der Waals surface area contributed by atoms with Gasteiger partial charge in [0.25, 0.3) is 11.6 Å². The summed E-state index contributed by atoms with van der Waals surface area (Å²) in [4.78, 5) is 22.2. The van der Waals surface area contributed by atoms with Crippen LogP contribution in [-0.2, 0) is 0 Å². The number of halogens is 1. The maximum Gasteiger partial charge on any atom is 0.282 e. The van der Waals surface area contributed by atoms with E-state index in [1.54, 1.807) is 6.92 Å². The predicted octanol–water partition coefficient (Wildman–Crippen LogP) is 2.09. The van der Waals surface area contributed by atoms with Crippen LogP contribution >= 0.6 is 23.4 Å². The van der Waals surface area contributed by atoms with Gasteiger partial charge in [0, 0.05) is 23.4 Å². The molecule has 0 aliphatic rings. The summed E-state index contributed by atoms with van der Waals surface area (Å²) in [6.45, 7) is 1.58. The van der Waals surface area contributed by atoms with Crippen LogP contribution in [0.15, 0.2) is 18.2 Å². The van der Waals surface area contributed by atoms with Crippen molar-refractivity contribution in [3.05, 3.63) is 38.9 Å². The van der Waals surface area contributed by atoms with Crippen LogP contribution in [0.4, 0.5) is 5.69 Å². The molecule has 0 aromatic heterocycles. The minimum atomic E-state index is -1.08. The normalized spacial score (nSPS) is 13.6. The molecule has 1 amide bonds. The Balaban J connectivity index is 2.87. The zero-order chi connectivity index (χ0) is 15.3. The van der Waals surface area contributed by atoms with Gasteiger partial charge in [-0.1, -0.05) is 11.6 Å². The summed E-state index contributed by atoms with van der Waals surface area (Å²) in [5.74, 6) is -0.203. The van der Waals surface area contributed by atoms with Gasteiger partial charge in [-0.25, -0.2) is 0 Å². The summed E-state index contributed by atoms with van der Waals surface area (Å²) in [5.41, 5.74) is -1.53. The van der Waals surface area contributed by atoms with E-state index in [9.17, 15) is 20.0 Å². The Morgan fingerprint density at radius 3 is 2.80 bits per heavy atom. The SMILES string of the molecule is CSCC(C)(O)CNC(=O)c1cc(Cl)ccc1[N+](=O)[O-]. The minimum absolute atomic E-state index is 0.00363. The number of carbonyl (C=O) groups excluding carboxylic acids is 1. The molecule has 0 saturated heterocycles. The summed E-state index contributed by atoms with van der Waals surface area (Å²) >= 11 is 7.19. The first-order chi connectivity index (χ1) is 9.26. The number of rotatable bonds is 6. The molecule has 110 valence electrons. The molecule has 8 heteroatoms. The summed E-state index contributed by atoms with van der Waals surface area (Å²) < 4.78 is 0.